The van der Waals surface area contributed by atoms with Gasteiger partial charge in [-0.1, -0.05) is 65.1 Å². The summed E-state index contributed by atoms with van der Waals surface area (Å²) in [7, 11) is 0. The number of rotatable bonds is 0. The molecule has 0 amide bonds. The molecule has 4 heteroatoms. The van der Waals surface area contributed by atoms with Crippen LogP contribution in [0.4, 0.5) is 8.78 Å². The van der Waals surface area contributed by atoms with E-state index in [4.69, 9.17) is 0 Å². The van der Waals surface area contributed by atoms with E-state index in [0.29, 0.717) is 11.3 Å². The van der Waals surface area contributed by atoms with Crippen molar-refractivity contribution in [1.82, 2.24) is 0 Å². The van der Waals surface area contributed by atoms with E-state index in [-0.39, 0.29) is 3.92 Å². The Balaban J connectivity index is 1.98. The van der Waals surface area contributed by atoms with Gasteiger partial charge < -0.3 is 0 Å². The predicted octanol–water partition coefficient (Wildman–Crippen LogP) is 6.25. The van der Waals surface area contributed by atoms with Crippen LogP contribution in [0.25, 0.3) is 10.8 Å². The first-order valence-electron chi connectivity index (χ1n) is 6.92. The van der Waals surface area contributed by atoms with E-state index < -0.39 is 11.6 Å². The number of fused-ring (bicyclic) bond motifs is 4. The van der Waals surface area contributed by atoms with E-state index in [0.717, 1.165) is 5.56 Å². The molecule has 0 saturated carbocycles. The van der Waals surface area contributed by atoms with Crippen molar-refractivity contribution >= 4 is 45.1 Å². The molecule has 0 radical (unpaired) electrons. The van der Waals surface area contributed by atoms with Gasteiger partial charge in [0.05, 0.1) is 3.92 Å². The summed E-state index contributed by atoms with van der Waals surface area (Å²) in [4.78, 5) is 1.17. The van der Waals surface area contributed by atoms with Crippen molar-refractivity contribution in [2.45, 2.75) is 14.6 Å². The van der Waals surface area contributed by atoms with Gasteiger partial charge in [0, 0.05) is 16.2 Å². The molecular formula is C18H11F2IS. The van der Waals surface area contributed by atoms with Crippen molar-refractivity contribution in [3.05, 3.63) is 76.9 Å². The van der Waals surface area contributed by atoms with Gasteiger partial charge in [-0.05, 0) is 28.0 Å². The Morgan fingerprint density at radius 3 is 2.59 bits per heavy atom. The lowest BCUT2D eigenvalue weighted by Crippen LogP contribution is -2.00. The van der Waals surface area contributed by atoms with Crippen LogP contribution in [0.5, 0.6) is 0 Å². The Labute approximate surface area is 145 Å². The van der Waals surface area contributed by atoms with Crippen LogP contribution in [-0.2, 0) is 5.75 Å². The Morgan fingerprint density at radius 2 is 1.73 bits per heavy atom. The number of benzene rings is 3. The predicted molar refractivity (Wildman–Crippen MR) is 95.7 cm³/mol. The Kier molecular flexibility index (Phi) is 3.61. The average molecular weight is 424 g/mol. The number of thioether (sulfide) groups is 1. The molecule has 0 aromatic heterocycles. The summed E-state index contributed by atoms with van der Waals surface area (Å²) in [5.41, 5.74) is 2.54. The molecule has 0 spiro atoms. The molecule has 3 aromatic carbocycles. The Morgan fingerprint density at radius 1 is 0.955 bits per heavy atom. The maximum atomic E-state index is 14.2. The van der Waals surface area contributed by atoms with Crippen LogP contribution in [0.15, 0.2) is 53.4 Å². The highest BCUT2D eigenvalue weighted by molar-refractivity contribution is 14.1. The van der Waals surface area contributed by atoms with Gasteiger partial charge in [0.15, 0.2) is 11.6 Å². The van der Waals surface area contributed by atoms with Crippen molar-refractivity contribution in [3.63, 3.8) is 0 Å². The zero-order chi connectivity index (χ0) is 15.3. The molecule has 1 aliphatic heterocycles. The SMILES string of the molecule is Fc1ccc2c(c1F)CSc1c(ccc3ccccc13)C2I. The van der Waals surface area contributed by atoms with Crippen LogP contribution >= 0.6 is 34.4 Å². The molecular weight excluding hydrogens is 413 g/mol. The third-order valence-corrected chi connectivity index (χ3v) is 6.57. The molecule has 0 bridgehead atoms. The molecule has 1 aliphatic rings. The van der Waals surface area contributed by atoms with Crippen molar-refractivity contribution in [1.29, 1.82) is 0 Å². The number of hydrogen-bond acceptors (Lipinski definition) is 1. The van der Waals surface area contributed by atoms with Gasteiger partial charge in [-0.25, -0.2) is 8.78 Å². The van der Waals surface area contributed by atoms with E-state index in [1.54, 1.807) is 17.8 Å². The van der Waals surface area contributed by atoms with Crippen LogP contribution in [0.3, 0.4) is 0 Å². The van der Waals surface area contributed by atoms with Crippen LogP contribution in [0.2, 0.25) is 0 Å². The second-order valence-electron chi connectivity index (χ2n) is 5.29. The summed E-state index contributed by atoms with van der Waals surface area (Å²) in [5.74, 6) is -1.01. The van der Waals surface area contributed by atoms with Gasteiger partial charge in [0.1, 0.15) is 0 Å². The molecule has 0 saturated heterocycles. The van der Waals surface area contributed by atoms with Crippen LogP contribution in [0.1, 0.15) is 20.6 Å². The number of hydrogen-bond donors (Lipinski definition) is 0. The Hall–Kier alpha value is -1.14. The highest BCUT2D eigenvalue weighted by atomic mass is 127. The molecule has 0 aliphatic carbocycles. The van der Waals surface area contributed by atoms with Crippen molar-refractivity contribution < 1.29 is 8.78 Å². The first kappa shape index (κ1) is 14.5. The van der Waals surface area contributed by atoms with Crippen LogP contribution < -0.4 is 0 Å². The van der Waals surface area contributed by atoms with E-state index in [9.17, 15) is 8.78 Å². The summed E-state index contributed by atoms with van der Waals surface area (Å²) >= 11 is 3.92. The lowest BCUT2D eigenvalue weighted by atomic mass is 9.98. The van der Waals surface area contributed by atoms with Gasteiger partial charge in [-0.3, -0.25) is 0 Å². The fraction of sp³-hybridized carbons (Fsp3) is 0.111. The molecule has 22 heavy (non-hydrogen) atoms. The number of alkyl halides is 1. The zero-order valence-electron chi connectivity index (χ0n) is 11.4. The monoisotopic (exact) mass is 424 g/mol. The van der Waals surface area contributed by atoms with E-state index in [1.807, 2.05) is 12.1 Å². The van der Waals surface area contributed by atoms with Crippen molar-refractivity contribution in [2.75, 3.05) is 0 Å². The standard InChI is InChI=1S/C18H11F2IS/c19-15-8-7-12-14(16(15)20)9-22-18-11-4-2-1-3-10(11)5-6-13(18)17(12)21/h1-8,17H,9H2. The largest absolute Gasteiger partial charge is 0.204 e. The highest BCUT2D eigenvalue weighted by Gasteiger charge is 2.26. The van der Waals surface area contributed by atoms with E-state index in [1.165, 1.54) is 27.3 Å². The number of halogens is 3. The van der Waals surface area contributed by atoms with Gasteiger partial charge in [0.2, 0.25) is 0 Å². The molecule has 0 fully saturated rings. The molecule has 110 valence electrons. The molecule has 4 rings (SSSR count). The fourth-order valence-corrected chi connectivity index (χ4v) is 5.51. The Bertz CT molecular complexity index is 892. The second kappa shape index (κ2) is 5.49. The maximum absolute atomic E-state index is 14.2. The van der Waals surface area contributed by atoms with Gasteiger partial charge >= 0.3 is 0 Å². The quantitative estimate of drug-likeness (QED) is 0.304. The summed E-state index contributed by atoms with van der Waals surface area (Å²) in [6, 6.07) is 15.4. The first-order chi connectivity index (χ1) is 10.7. The smallest absolute Gasteiger partial charge is 0.163 e. The van der Waals surface area contributed by atoms with Crippen molar-refractivity contribution in [3.8, 4) is 0 Å². The third-order valence-electron chi connectivity index (χ3n) is 4.05. The summed E-state index contributed by atoms with van der Waals surface area (Å²) in [6.07, 6.45) is 0. The van der Waals surface area contributed by atoms with Gasteiger partial charge in [-0.15, -0.1) is 11.8 Å². The highest BCUT2D eigenvalue weighted by Crippen LogP contribution is 2.47. The van der Waals surface area contributed by atoms with Crippen LogP contribution in [0, 0.1) is 11.6 Å². The molecule has 1 atom stereocenters. The fourth-order valence-electron chi connectivity index (χ4n) is 2.92. The summed E-state index contributed by atoms with van der Waals surface area (Å²) in [6.45, 7) is 0. The minimum Gasteiger partial charge on any atom is -0.204 e. The third kappa shape index (κ3) is 2.15. The minimum atomic E-state index is -0.765. The molecule has 1 heterocycles. The molecule has 1 unspecified atom stereocenters. The van der Waals surface area contributed by atoms with Gasteiger partial charge in [-0.2, -0.15) is 0 Å². The maximum Gasteiger partial charge on any atom is 0.163 e. The summed E-state index contributed by atoms with van der Waals surface area (Å²) < 4.78 is 27.8. The normalized spacial score (nSPS) is 17.0. The second-order valence-corrected chi connectivity index (χ2v) is 7.52. The average Bonchev–Trinajstić information content (AvgIpc) is 2.69. The van der Waals surface area contributed by atoms with E-state index >= 15 is 0 Å². The zero-order valence-corrected chi connectivity index (χ0v) is 14.4. The molecule has 0 nitrogen and oxygen atoms in total. The van der Waals surface area contributed by atoms with Crippen molar-refractivity contribution in [2.24, 2.45) is 0 Å². The topological polar surface area (TPSA) is 0 Å². The van der Waals surface area contributed by atoms with Gasteiger partial charge in [0.25, 0.3) is 0 Å². The van der Waals surface area contributed by atoms with Crippen LogP contribution in [-0.4, -0.2) is 0 Å². The molecule has 0 N–H and O–H groups in total. The molecule has 3 aromatic rings. The lowest BCUT2D eigenvalue weighted by Gasteiger charge is -2.15. The minimum absolute atomic E-state index is 0.0253. The lowest BCUT2D eigenvalue weighted by molar-refractivity contribution is 0.501. The first-order valence-corrected chi connectivity index (χ1v) is 9.15. The van der Waals surface area contributed by atoms with E-state index in [2.05, 4.69) is 46.9 Å². The summed E-state index contributed by atoms with van der Waals surface area (Å²) in [5, 5.41) is 2.36.